The van der Waals surface area contributed by atoms with Crippen LogP contribution in [0.4, 0.5) is 0 Å². The first-order valence-electron chi connectivity index (χ1n) is 11.9. The standard InChI is InChI=1S/2C9H19O11P.Ca/c2*10-1-3(11)2-19-21(17,18)20-9-7(15)5(13)4(12)6(14)8(9)16;/h2*3-16H,1-2H2,(H,17,18);/q;;+2/p-2/t2*3?,4?,5-,6+,7-,8-,9?;/m00./s1. The van der Waals surface area contributed by atoms with E-state index < -0.39 is 128 Å². The van der Waals surface area contributed by atoms with Gasteiger partial charge in [-0.2, -0.15) is 0 Å². The van der Waals surface area contributed by atoms with Crippen molar-refractivity contribution in [2.75, 3.05) is 26.4 Å². The minimum absolute atomic E-state index is 0. The van der Waals surface area contributed by atoms with E-state index in [1.165, 1.54) is 0 Å². The van der Waals surface area contributed by atoms with E-state index >= 15 is 0 Å². The van der Waals surface area contributed by atoms with Crippen molar-refractivity contribution in [2.24, 2.45) is 0 Å². The van der Waals surface area contributed by atoms with Crippen LogP contribution < -0.4 is 9.79 Å². The number of phosphoric ester groups is 2. The van der Waals surface area contributed by atoms with E-state index in [9.17, 15) is 70.0 Å². The van der Waals surface area contributed by atoms with Crippen LogP contribution in [0.3, 0.4) is 0 Å². The molecule has 0 spiro atoms. The van der Waals surface area contributed by atoms with Crippen molar-refractivity contribution >= 4 is 53.4 Å². The summed E-state index contributed by atoms with van der Waals surface area (Å²) in [6.45, 7) is -3.19. The van der Waals surface area contributed by atoms with E-state index in [1.54, 1.807) is 0 Å². The molecule has 16 atom stereocenters. The minimum Gasteiger partial charge on any atom is -0.756 e. The molecule has 8 unspecified atom stereocenters. The SMILES string of the molecule is O=P([O-])(OCC(O)CO)OC1[C@@H](O)[C@H](O)C(O)[C@H](O)[C@@H]1O.O=P([O-])(OCC(O)CO)OC1[C@@H](O)[C@H](O)C(O)[C@H](O)[C@@H]1O.[Ca+2]. The fraction of sp³-hybridized carbons (Fsp3) is 1.00. The molecule has 0 heterocycles. The Labute approximate surface area is 272 Å². The second-order valence-electron chi connectivity index (χ2n) is 9.20. The van der Waals surface area contributed by atoms with E-state index in [4.69, 9.17) is 20.4 Å². The molecule has 0 aromatic rings. The number of phosphoric acid groups is 2. The second-order valence-corrected chi connectivity index (χ2v) is 11.9. The maximum atomic E-state index is 11.4. The summed E-state index contributed by atoms with van der Waals surface area (Å²) >= 11 is 0. The average Bonchev–Trinajstić information content (AvgIpc) is 2.95. The molecule has 0 bridgehead atoms. The van der Waals surface area contributed by atoms with Crippen molar-refractivity contribution in [2.45, 2.75) is 85.5 Å². The minimum atomic E-state index is -5.12. The van der Waals surface area contributed by atoms with Crippen LogP contribution in [0.5, 0.6) is 0 Å². The Bertz CT molecular complexity index is 802. The predicted octanol–water partition coefficient (Wildman–Crippen LogP) is -10.3. The molecule has 43 heavy (non-hydrogen) atoms. The summed E-state index contributed by atoms with van der Waals surface area (Å²) in [5, 5.41) is 129. The molecule has 0 saturated heterocycles. The Kier molecular flexibility index (Phi) is 19.5. The van der Waals surface area contributed by atoms with Crippen LogP contribution in [0.2, 0.25) is 0 Å². The molecule has 0 amide bonds. The molecule has 0 aromatic carbocycles. The van der Waals surface area contributed by atoms with Crippen LogP contribution in [-0.4, -0.2) is 221 Å². The van der Waals surface area contributed by atoms with Gasteiger partial charge in [0.1, 0.15) is 85.5 Å². The second kappa shape index (κ2) is 19.1. The number of aliphatic hydroxyl groups excluding tert-OH is 14. The first-order chi connectivity index (χ1) is 19.2. The molecule has 252 valence electrons. The maximum Gasteiger partial charge on any atom is 2.00 e. The van der Waals surface area contributed by atoms with Crippen LogP contribution in [0.25, 0.3) is 0 Å². The van der Waals surface area contributed by atoms with Crippen molar-refractivity contribution in [3.63, 3.8) is 0 Å². The van der Waals surface area contributed by atoms with Gasteiger partial charge in [-0.15, -0.1) is 0 Å². The molecule has 0 aliphatic heterocycles. The molecule has 2 aliphatic carbocycles. The zero-order valence-corrected chi connectivity index (χ0v) is 26.0. The molecular formula is C18H36CaO22P2. The first kappa shape index (κ1) is 43.9. The third kappa shape index (κ3) is 12.8. The van der Waals surface area contributed by atoms with Crippen molar-refractivity contribution in [3.8, 4) is 0 Å². The number of rotatable bonds is 12. The zero-order valence-electron chi connectivity index (χ0n) is 22.0. The Hall–Kier alpha value is 0.920. The smallest absolute Gasteiger partial charge is 0.756 e. The third-order valence-corrected chi connectivity index (χ3v) is 7.85. The summed E-state index contributed by atoms with van der Waals surface area (Å²) in [4.78, 5) is 22.9. The fourth-order valence-corrected chi connectivity index (χ4v) is 5.39. The van der Waals surface area contributed by atoms with Gasteiger partial charge >= 0.3 is 37.7 Å². The Balaban J connectivity index is 0.000000802. The van der Waals surface area contributed by atoms with E-state index in [2.05, 4.69) is 18.1 Å². The largest absolute Gasteiger partial charge is 2.00 e. The Morgan fingerprint density at radius 1 is 0.512 bits per heavy atom. The molecule has 2 rings (SSSR count). The molecular weight excluding hydrogens is 670 g/mol. The van der Waals surface area contributed by atoms with Crippen LogP contribution in [0, 0.1) is 0 Å². The van der Waals surface area contributed by atoms with E-state index in [1.807, 2.05) is 0 Å². The van der Waals surface area contributed by atoms with Gasteiger partial charge in [-0.1, -0.05) is 0 Å². The van der Waals surface area contributed by atoms with Gasteiger partial charge in [0.15, 0.2) is 0 Å². The maximum absolute atomic E-state index is 11.4. The summed E-state index contributed by atoms with van der Waals surface area (Å²) in [7, 11) is -10.2. The van der Waals surface area contributed by atoms with Crippen molar-refractivity contribution < 1.29 is 109 Å². The van der Waals surface area contributed by atoms with E-state index in [0.29, 0.717) is 0 Å². The topological polar surface area (TPSA) is 400 Å². The van der Waals surface area contributed by atoms with Crippen molar-refractivity contribution in [1.29, 1.82) is 0 Å². The summed E-state index contributed by atoms with van der Waals surface area (Å²) in [5.74, 6) is 0. The fourth-order valence-electron chi connectivity index (χ4n) is 3.46. The van der Waals surface area contributed by atoms with Crippen molar-refractivity contribution in [3.05, 3.63) is 0 Å². The van der Waals surface area contributed by atoms with Gasteiger partial charge in [0.2, 0.25) is 0 Å². The van der Waals surface area contributed by atoms with Gasteiger partial charge in [0.25, 0.3) is 15.6 Å². The monoisotopic (exact) mass is 706 g/mol. The van der Waals surface area contributed by atoms with E-state index in [0.717, 1.165) is 0 Å². The Morgan fingerprint density at radius 3 is 0.930 bits per heavy atom. The molecule has 0 aromatic heterocycles. The number of aliphatic hydroxyl groups is 14. The summed E-state index contributed by atoms with van der Waals surface area (Å²) < 4.78 is 40.0. The normalized spacial score (nSPS) is 40.6. The van der Waals surface area contributed by atoms with Gasteiger partial charge < -0.3 is 99.4 Å². The first-order valence-corrected chi connectivity index (χ1v) is 14.8. The quantitative estimate of drug-likeness (QED) is 0.0661. The van der Waals surface area contributed by atoms with Gasteiger partial charge in [0.05, 0.1) is 26.4 Å². The summed E-state index contributed by atoms with van der Waals surface area (Å²) in [6.07, 6.45) is -26.5. The Morgan fingerprint density at radius 2 is 0.721 bits per heavy atom. The molecule has 2 saturated carbocycles. The summed E-state index contributed by atoms with van der Waals surface area (Å²) in [5.41, 5.74) is 0. The van der Waals surface area contributed by atoms with Crippen LogP contribution in [0.15, 0.2) is 0 Å². The van der Waals surface area contributed by atoms with Gasteiger partial charge in [-0.25, -0.2) is 0 Å². The van der Waals surface area contributed by atoms with Crippen LogP contribution in [-0.2, 0) is 27.2 Å². The zero-order chi connectivity index (χ0) is 32.7. The molecule has 0 radical (unpaired) electrons. The van der Waals surface area contributed by atoms with Crippen LogP contribution >= 0.6 is 15.6 Å². The third-order valence-electron chi connectivity index (χ3n) is 5.92. The molecule has 2 fully saturated rings. The molecule has 25 heteroatoms. The van der Waals surface area contributed by atoms with Gasteiger partial charge in [-0.05, 0) is 0 Å². The number of hydrogen-bond acceptors (Lipinski definition) is 22. The average molecular weight is 706 g/mol. The van der Waals surface area contributed by atoms with Crippen LogP contribution in [0.1, 0.15) is 0 Å². The molecule has 14 N–H and O–H groups in total. The predicted molar refractivity (Wildman–Crippen MR) is 129 cm³/mol. The van der Waals surface area contributed by atoms with E-state index in [-0.39, 0.29) is 37.7 Å². The van der Waals surface area contributed by atoms with Gasteiger partial charge in [-0.3, -0.25) is 9.13 Å². The van der Waals surface area contributed by atoms with Crippen molar-refractivity contribution in [1.82, 2.24) is 0 Å². The number of hydrogen-bond donors (Lipinski definition) is 14. The van der Waals surface area contributed by atoms with Gasteiger partial charge in [0, 0.05) is 0 Å². The molecule has 22 nitrogen and oxygen atoms in total. The molecule has 2 aliphatic rings. The summed E-state index contributed by atoms with van der Waals surface area (Å²) in [6, 6.07) is 0.